The average Bonchev–Trinajstić information content (AvgIpc) is 2.42. The minimum absolute atomic E-state index is 0.0399. The smallest absolute Gasteiger partial charge is 0.355 e. The molecule has 0 bridgehead atoms. The molecule has 0 fully saturated rings. The number of carbonyl (C=O) groups is 1. The van der Waals surface area contributed by atoms with Gasteiger partial charge in [0.2, 0.25) is 0 Å². The fourth-order valence-electron chi connectivity index (χ4n) is 1.60. The van der Waals surface area contributed by atoms with E-state index >= 15 is 0 Å². The molecule has 0 spiro atoms. The number of rotatable bonds is 7. The third kappa shape index (κ3) is 5.42. The molecule has 0 aliphatic heterocycles. The van der Waals surface area contributed by atoms with Crippen molar-refractivity contribution in [3.8, 4) is 5.75 Å². The first-order chi connectivity index (χ1) is 9.17. The Labute approximate surface area is 112 Å². The van der Waals surface area contributed by atoms with Gasteiger partial charge in [-0.1, -0.05) is 17.3 Å². The Balaban J connectivity index is 2.23. The zero-order chi connectivity index (χ0) is 14.1. The second-order valence-corrected chi connectivity index (χ2v) is 4.16. The SMILES string of the molecule is COC(=O)C(CCCCOc1cccc(C)c1)=NO. The van der Waals surface area contributed by atoms with Gasteiger partial charge in [0, 0.05) is 6.42 Å². The van der Waals surface area contributed by atoms with Crippen molar-refractivity contribution in [2.45, 2.75) is 26.2 Å². The first-order valence-corrected chi connectivity index (χ1v) is 6.16. The maximum atomic E-state index is 11.1. The van der Waals surface area contributed by atoms with Gasteiger partial charge < -0.3 is 14.7 Å². The number of hydrogen-bond donors (Lipinski definition) is 1. The van der Waals surface area contributed by atoms with Crippen LogP contribution in [0, 0.1) is 6.92 Å². The zero-order valence-corrected chi connectivity index (χ0v) is 11.3. The first-order valence-electron chi connectivity index (χ1n) is 6.16. The van der Waals surface area contributed by atoms with E-state index in [1.54, 1.807) is 0 Å². The van der Waals surface area contributed by atoms with Gasteiger partial charge in [-0.2, -0.15) is 0 Å². The summed E-state index contributed by atoms with van der Waals surface area (Å²) in [6, 6.07) is 7.82. The van der Waals surface area contributed by atoms with Gasteiger partial charge in [-0.25, -0.2) is 4.79 Å². The maximum Gasteiger partial charge on any atom is 0.355 e. The predicted molar refractivity (Wildman–Crippen MR) is 71.8 cm³/mol. The van der Waals surface area contributed by atoms with Gasteiger partial charge in [-0.3, -0.25) is 0 Å². The third-order valence-corrected chi connectivity index (χ3v) is 2.61. The van der Waals surface area contributed by atoms with E-state index < -0.39 is 5.97 Å². The Bertz CT molecular complexity index is 443. The largest absolute Gasteiger partial charge is 0.494 e. The predicted octanol–water partition coefficient (Wildman–Crippen LogP) is 2.55. The highest BCUT2D eigenvalue weighted by Gasteiger charge is 2.11. The topological polar surface area (TPSA) is 68.1 Å². The van der Waals surface area contributed by atoms with Crippen molar-refractivity contribution in [2.24, 2.45) is 5.16 Å². The fraction of sp³-hybridized carbons (Fsp3) is 0.429. The monoisotopic (exact) mass is 265 g/mol. The lowest BCUT2D eigenvalue weighted by Gasteiger charge is -2.06. The molecule has 1 N–H and O–H groups in total. The molecule has 0 aliphatic rings. The molecule has 104 valence electrons. The summed E-state index contributed by atoms with van der Waals surface area (Å²) in [5, 5.41) is 11.6. The highest BCUT2D eigenvalue weighted by Crippen LogP contribution is 2.13. The molecule has 0 saturated carbocycles. The molecule has 0 atom stereocenters. The molecule has 0 saturated heterocycles. The molecule has 1 rings (SSSR count). The van der Waals surface area contributed by atoms with Crippen LogP contribution in [-0.4, -0.2) is 30.6 Å². The summed E-state index contributed by atoms with van der Waals surface area (Å²) >= 11 is 0. The van der Waals surface area contributed by atoms with E-state index in [0.717, 1.165) is 17.7 Å². The first kappa shape index (κ1) is 15.0. The van der Waals surface area contributed by atoms with E-state index in [9.17, 15) is 4.79 Å². The van der Waals surface area contributed by atoms with Gasteiger partial charge in [0.15, 0.2) is 5.71 Å². The molecule has 0 radical (unpaired) electrons. The lowest BCUT2D eigenvalue weighted by Crippen LogP contribution is -2.16. The Kier molecular flexibility index (Phi) is 6.43. The number of methoxy groups -OCH3 is 1. The summed E-state index contributed by atoms with van der Waals surface area (Å²) < 4.78 is 10.1. The number of oxime groups is 1. The maximum absolute atomic E-state index is 11.1. The number of unbranched alkanes of at least 4 members (excludes halogenated alkanes) is 1. The summed E-state index contributed by atoms with van der Waals surface area (Å²) in [6.45, 7) is 2.57. The fourth-order valence-corrected chi connectivity index (χ4v) is 1.60. The van der Waals surface area contributed by atoms with Gasteiger partial charge in [-0.15, -0.1) is 0 Å². The average molecular weight is 265 g/mol. The van der Waals surface area contributed by atoms with Gasteiger partial charge >= 0.3 is 5.97 Å². The second-order valence-electron chi connectivity index (χ2n) is 4.16. The zero-order valence-electron chi connectivity index (χ0n) is 11.3. The number of ether oxygens (including phenoxy) is 2. The lowest BCUT2D eigenvalue weighted by molar-refractivity contribution is -0.133. The highest BCUT2D eigenvalue weighted by molar-refractivity contribution is 6.36. The molecule has 5 nitrogen and oxygen atoms in total. The van der Waals surface area contributed by atoms with Crippen molar-refractivity contribution in [3.63, 3.8) is 0 Å². The van der Waals surface area contributed by atoms with Crippen LogP contribution in [0.4, 0.5) is 0 Å². The van der Waals surface area contributed by atoms with Crippen LogP contribution in [0.1, 0.15) is 24.8 Å². The van der Waals surface area contributed by atoms with Crippen LogP contribution < -0.4 is 4.74 Å². The normalized spacial score (nSPS) is 11.2. The number of esters is 1. The standard InChI is InChI=1S/C14H19NO4/c1-11-6-5-7-12(10-11)19-9-4-3-8-13(15-17)14(16)18-2/h5-7,10,17H,3-4,8-9H2,1-2H3. The van der Waals surface area contributed by atoms with Gasteiger partial charge in [0.1, 0.15) is 5.75 Å². The number of benzene rings is 1. The van der Waals surface area contributed by atoms with E-state index in [2.05, 4.69) is 9.89 Å². The highest BCUT2D eigenvalue weighted by atomic mass is 16.5. The van der Waals surface area contributed by atoms with E-state index in [-0.39, 0.29) is 5.71 Å². The van der Waals surface area contributed by atoms with Gasteiger partial charge in [0.05, 0.1) is 13.7 Å². The molecule has 1 aromatic carbocycles. The Morgan fingerprint density at radius 2 is 2.16 bits per heavy atom. The molecule has 19 heavy (non-hydrogen) atoms. The molecule has 0 aliphatic carbocycles. The molecule has 1 aromatic rings. The number of carbonyl (C=O) groups excluding carboxylic acids is 1. The number of aryl methyl sites for hydroxylation is 1. The molecule has 0 amide bonds. The lowest BCUT2D eigenvalue weighted by atomic mass is 10.2. The van der Waals surface area contributed by atoms with Crippen LogP contribution >= 0.6 is 0 Å². The minimum atomic E-state index is -0.595. The van der Waals surface area contributed by atoms with E-state index in [1.807, 2.05) is 31.2 Å². The summed E-state index contributed by atoms with van der Waals surface area (Å²) in [6.07, 6.45) is 1.84. The summed E-state index contributed by atoms with van der Waals surface area (Å²) in [5.41, 5.74) is 1.19. The van der Waals surface area contributed by atoms with Gasteiger partial charge in [-0.05, 0) is 37.5 Å². The minimum Gasteiger partial charge on any atom is -0.494 e. The molecular formula is C14H19NO4. The molecule has 0 aromatic heterocycles. The Morgan fingerprint density at radius 3 is 2.79 bits per heavy atom. The number of nitrogens with zero attached hydrogens (tertiary/aromatic N) is 1. The molecular weight excluding hydrogens is 246 g/mol. The second kappa shape index (κ2) is 8.13. The molecule has 0 unspecified atom stereocenters. The van der Waals surface area contributed by atoms with Crippen molar-refractivity contribution in [3.05, 3.63) is 29.8 Å². The summed E-state index contributed by atoms with van der Waals surface area (Å²) in [5.74, 6) is 0.242. The van der Waals surface area contributed by atoms with Crippen molar-refractivity contribution in [1.82, 2.24) is 0 Å². The van der Waals surface area contributed by atoms with Crippen LogP contribution in [0.3, 0.4) is 0 Å². The van der Waals surface area contributed by atoms with Crippen LogP contribution in [0.25, 0.3) is 0 Å². The molecule has 0 heterocycles. The number of hydrogen-bond acceptors (Lipinski definition) is 5. The van der Waals surface area contributed by atoms with E-state index in [0.29, 0.717) is 19.4 Å². The summed E-state index contributed by atoms with van der Waals surface area (Å²) in [7, 11) is 1.26. The van der Waals surface area contributed by atoms with Crippen LogP contribution in [0.15, 0.2) is 29.4 Å². The van der Waals surface area contributed by atoms with E-state index in [4.69, 9.17) is 9.94 Å². The van der Waals surface area contributed by atoms with E-state index in [1.165, 1.54) is 7.11 Å². The van der Waals surface area contributed by atoms with Crippen molar-refractivity contribution in [2.75, 3.05) is 13.7 Å². The van der Waals surface area contributed by atoms with Crippen molar-refractivity contribution in [1.29, 1.82) is 0 Å². The van der Waals surface area contributed by atoms with Crippen LogP contribution in [-0.2, 0) is 9.53 Å². The third-order valence-electron chi connectivity index (χ3n) is 2.61. The van der Waals surface area contributed by atoms with Gasteiger partial charge in [0.25, 0.3) is 0 Å². The van der Waals surface area contributed by atoms with Crippen molar-refractivity contribution < 1.29 is 19.5 Å². The quantitative estimate of drug-likeness (QED) is 0.270. The van der Waals surface area contributed by atoms with Crippen LogP contribution in [0.5, 0.6) is 5.75 Å². The Morgan fingerprint density at radius 1 is 1.37 bits per heavy atom. The molecule has 5 heteroatoms. The Hall–Kier alpha value is -2.04. The van der Waals surface area contributed by atoms with Crippen molar-refractivity contribution >= 4 is 11.7 Å². The van der Waals surface area contributed by atoms with Crippen LogP contribution in [0.2, 0.25) is 0 Å². The summed E-state index contributed by atoms with van der Waals surface area (Å²) in [4.78, 5) is 11.1.